The van der Waals surface area contributed by atoms with E-state index in [4.69, 9.17) is 0 Å². The second-order valence-corrected chi connectivity index (χ2v) is 4.89. The molecular formula is C10H13N3S2. The molecule has 2 rings (SSSR count). The molecular weight excluding hydrogens is 226 g/mol. The van der Waals surface area contributed by atoms with Gasteiger partial charge in [0.2, 0.25) is 0 Å². The highest BCUT2D eigenvalue weighted by atomic mass is 32.1. The molecule has 0 amide bonds. The lowest BCUT2D eigenvalue weighted by molar-refractivity contribution is 0.542. The number of nitrogens with one attached hydrogen (secondary N) is 1. The summed E-state index contributed by atoms with van der Waals surface area (Å²) in [5, 5.41) is 5.55. The average molecular weight is 239 g/mol. The van der Waals surface area contributed by atoms with E-state index in [2.05, 4.69) is 27.6 Å². The smallest absolute Gasteiger partial charge is 0.0795 e. The summed E-state index contributed by atoms with van der Waals surface area (Å²) in [6.07, 6.45) is 2.91. The molecule has 0 aliphatic carbocycles. The van der Waals surface area contributed by atoms with Crippen molar-refractivity contribution in [3.05, 3.63) is 33.2 Å². The molecule has 0 fully saturated rings. The highest BCUT2D eigenvalue weighted by Gasteiger charge is 2.13. The summed E-state index contributed by atoms with van der Waals surface area (Å²) in [5.74, 6) is 0. The monoisotopic (exact) mass is 239 g/mol. The lowest BCUT2D eigenvalue weighted by Crippen LogP contribution is -2.22. The molecule has 0 aliphatic rings. The van der Waals surface area contributed by atoms with E-state index in [0.29, 0.717) is 6.04 Å². The second-order valence-electron chi connectivity index (χ2n) is 3.20. The van der Waals surface area contributed by atoms with Crippen molar-refractivity contribution in [2.75, 3.05) is 6.54 Å². The van der Waals surface area contributed by atoms with Crippen LogP contribution in [0.2, 0.25) is 0 Å². The lowest BCUT2D eigenvalue weighted by Gasteiger charge is -2.14. The molecule has 2 aromatic heterocycles. The van der Waals surface area contributed by atoms with Crippen molar-refractivity contribution in [3.8, 4) is 0 Å². The van der Waals surface area contributed by atoms with Crippen molar-refractivity contribution in [2.24, 2.45) is 0 Å². The van der Waals surface area contributed by atoms with Crippen LogP contribution >= 0.6 is 22.7 Å². The number of hydrogen-bond acceptors (Lipinski definition) is 5. The van der Waals surface area contributed by atoms with Gasteiger partial charge in [-0.2, -0.15) is 0 Å². The van der Waals surface area contributed by atoms with Gasteiger partial charge in [0.1, 0.15) is 0 Å². The molecule has 5 heteroatoms. The third-order valence-electron chi connectivity index (χ3n) is 2.15. The molecule has 1 atom stereocenters. The number of nitrogens with zero attached hydrogens (tertiary/aromatic N) is 2. The fraction of sp³-hybridized carbons (Fsp3) is 0.400. The Bertz CT molecular complexity index is 369. The fourth-order valence-electron chi connectivity index (χ4n) is 1.47. The maximum Gasteiger partial charge on any atom is 0.0795 e. The first-order chi connectivity index (χ1) is 7.40. The minimum atomic E-state index is 0.321. The molecule has 0 saturated carbocycles. The van der Waals surface area contributed by atoms with Gasteiger partial charge in [0.25, 0.3) is 0 Å². The predicted octanol–water partition coefficient (Wildman–Crippen LogP) is 2.49. The van der Waals surface area contributed by atoms with Crippen LogP contribution < -0.4 is 5.32 Å². The van der Waals surface area contributed by atoms with Crippen molar-refractivity contribution in [2.45, 2.75) is 19.4 Å². The van der Waals surface area contributed by atoms with Gasteiger partial charge in [-0.05, 0) is 6.54 Å². The van der Waals surface area contributed by atoms with Crippen LogP contribution in [0.4, 0.5) is 0 Å². The van der Waals surface area contributed by atoms with Gasteiger partial charge in [0.05, 0.1) is 22.8 Å². The minimum Gasteiger partial charge on any atom is -0.309 e. The minimum absolute atomic E-state index is 0.321. The number of hydrogen-bond donors (Lipinski definition) is 1. The first-order valence-corrected chi connectivity index (χ1v) is 6.71. The van der Waals surface area contributed by atoms with Crippen molar-refractivity contribution in [1.82, 2.24) is 15.3 Å². The Balaban J connectivity index is 2.07. The highest BCUT2D eigenvalue weighted by molar-refractivity contribution is 7.09. The first kappa shape index (κ1) is 10.7. The van der Waals surface area contributed by atoms with Gasteiger partial charge >= 0.3 is 0 Å². The maximum absolute atomic E-state index is 4.36. The summed E-state index contributed by atoms with van der Waals surface area (Å²) in [6.45, 7) is 3.08. The number of aromatic nitrogens is 2. The van der Waals surface area contributed by atoms with Crippen molar-refractivity contribution >= 4 is 22.7 Å². The van der Waals surface area contributed by atoms with Crippen LogP contribution in [0.3, 0.4) is 0 Å². The molecule has 0 aliphatic heterocycles. The summed E-state index contributed by atoms with van der Waals surface area (Å²) in [5.41, 5.74) is 4.89. The van der Waals surface area contributed by atoms with Gasteiger partial charge in [0.15, 0.2) is 0 Å². The van der Waals surface area contributed by atoms with E-state index < -0.39 is 0 Å². The van der Waals surface area contributed by atoms with Crippen LogP contribution in [0.5, 0.6) is 0 Å². The largest absolute Gasteiger partial charge is 0.309 e. The average Bonchev–Trinajstić information content (AvgIpc) is 2.89. The Morgan fingerprint density at radius 3 is 3.00 bits per heavy atom. The maximum atomic E-state index is 4.36. The van der Waals surface area contributed by atoms with E-state index in [1.807, 2.05) is 17.2 Å². The SMILES string of the molecule is CCNC(Cc1cncs1)c1cscn1. The Morgan fingerprint density at radius 2 is 2.40 bits per heavy atom. The molecule has 0 spiro atoms. The molecule has 3 nitrogen and oxygen atoms in total. The van der Waals surface area contributed by atoms with E-state index in [1.54, 1.807) is 22.7 Å². The van der Waals surface area contributed by atoms with Crippen LogP contribution in [0, 0.1) is 0 Å². The van der Waals surface area contributed by atoms with Gasteiger partial charge in [-0.1, -0.05) is 6.92 Å². The highest BCUT2D eigenvalue weighted by Crippen LogP contribution is 2.20. The summed E-state index contributed by atoms with van der Waals surface area (Å²) in [4.78, 5) is 9.75. The zero-order chi connectivity index (χ0) is 10.5. The van der Waals surface area contributed by atoms with E-state index in [0.717, 1.165) is 18.7 Å². The van der Waals surface area contributed by atoms with Crippen LogP contribution in [0.1, 0.15) is 23.5 Å². The van der Waals surface area contributed by atoms with E-state index in [9.17, 15) is 0 Å². The Hall–Kier alpha value is -0.780. The first-order valence-electron chi connectivity index (χ1n) is 4.89. The normalized spacial score (nSPS) is 12.9. The molecule has 1 N–H and O–H groups in total. The van der Waals surface area contributed by atoms with Gasteiger partial charge < -0.3 is 5.32 Å². The number of likely N-dealkylation sites (N-methyl/N-ethyl adjacent to an activating group) is 1. The molecule has 0 aromatic carbocycles. The molecule has 0 radical (unpaired) electrons. The van der Waals surface area contributed by atoms with Gasteiger partial charge in [0, 0.05) is 22.9 Å². The summed E-state index contributed by atoms with van der Waals surface area (Å²) >= 11 is 3.34. The molecule has 15 heavy (non-hydrogen) atoms. The van der Waals surface area contributed by atoms with Crippen LogP contribution in [0.25, 0.3) is 0 Å². The topological polar surface area (TPSA) is 37.8 Å². The Labute approximate surface area is 97.2 Å². The third-order valence-corrected chi connectivity index (χ3v) is 3.55. The van der Waals surface area contributed by atoms with Crippen LogP contribution in [0.15, 0.2) is 22.6 Å². The van der Waals surface area contributed by atoms with Crippen molar-refractivity contribution < 1.29 is 0 Å². The third kappa shape index (κ3) is 2.84. The molecule has 80 valence electrons. The standard InChI is InChI=1S/C10H13N3S2/c1-2-12-9(10-5-14-7-13-10)3-8-4-11-6-15-8/h4-7,9,12H,2-3H2,1H3. The summed E-state index contributed by atoms with van der Waals surface area (Å²) in [7, 11) is 0. The molecule has 0 saturated heterocycles. The molecule has 0 bridgehead atoms. The van der Waals surface area contributed by atoms with Crippen LogP contribution in [-0.4, -0.2) is 16.5 Å². The quantitative estimate of drug-likeness (QED) is 0.871. The second kappa shape index (κ2) is 5.34. The van der Waals surface area contributed by atoms with Gasteiger partial charge in [-0.15, -0.1) is 22.7 Å². The van der Waals surface area contributed by atoms with E-state index in [-0.39, 0.29) is 0 Å². The van der Waals surface area contributed by atoms with Crippen molar-refractivity contribution in [3.63, 3.8) is 0 Å². The van der Waals surface area contributed by atoms with E-state index >= 15 is 0 Å². The Morgan fingerprint density at radius 1 is 1.47 bits per heavy atom. The molecule has 2 aromatic rings. The zero-order valence-corrected chi connectivity index (χ0v) is 10.1. The molecule has 1 unspecified atom stereocenters. The lowest BCUT2D eigenvalue weighted by atomic mass is 10.1. The van der Waals surface area contributed by atoms with Crippen LogP contribution in [-0.2, 0) is 6.42 Å². The van der Waals surface area contributed by atoms with Gasteiger partial charge in [-0.3, -0.25) is 4.98 Å². The predicted molar refractivity (Wildman–Crippen MR) is 64.3 cm³/mol. The fourth-order valence-corrected chi connectivity index (χ4v) is 2.72. The number of rotatable bonds is 5. The summed E-state index contributed by atoms with van der Waals surface area (Å²) < 4.78 is 0. The Kier molecular flexibility index (Phi) is 3.82. The number of thiazole rings is 2. The van der Waals surface area contributed by atoms with Gasteiger partial charge in [-0.25, -0.2) is 4.98 Å². The van der Waals surface area contributed by atoms with E-state index in [1.165, 1.54) is 4.88 Å². The summed E-state index contributed by atoms with van der Waals surface area (Å²) in [6, 6.07) is 0.321. The molecule has 2 heterocycles. The zero-order valence-electron chi connectivity index (χ0n) is 8.51. The van der Waals surface area contributed by atoms with Crippen molar-refractivity contribution in [1.29, 1.82) is 0 Å².